The van der Waals surface area contributed by atoms with Crippen molar-refractivity contribution in [2.24, 2.45) is 0 Å². The van der Waals surface area contributed by atoms with Crippen LogP contribution in [0.4, 0.5) is 0 Å². The highest BCUT2D eigenvalue weighted by molar-refractivity contribution is 7.89. The molecule has 1 saturated heterocycles. The molecule has 0 radical (unpaired) electrons. The Hall–Kier alpha value is -0.980. The Kier molecular flexibility index (Phi) is 4.31. The Morgan fingerprint density at radius 1 is 1.44 bits per heavy atom. The van der Waals surface area contributed by atoms with Crippen LogP contribution in [-0.2, 0) is 16.4 Å². The Morgan fingerprint density at radius 3 is 2.94 bits per heavy atom. The molecule has 1 aromatic rings. The summed E-state index contributed by atoms with van der Waals surface area (Å²) >= 11 is 0. The van der Waals surface area contributed by atoms with Gasteiger partial charge in [-0.2, -0.15) is 4.31 Å². The number of pyridine rings is 1. The molecule has 0 aromatic carbocycles. The molecule has 0 unspecified atom stereocenters. The Morgan fingerprint density at radius 2 is 2.28 bits per heavy atom. The van der Waals surface area contributed by atoms with Crippen molar-refractivity contribution >= 4 is 10.0 Å². The summed E-state index contributed by atoms with van der Waals surface area (Å²) in [4.78, 5) is 4.11. The second-order valence-electron chi connectivity index (χ2n) is 4.54. The third kappa shape index (κ3) is 3.51. The average Bonchev–Trinajstić information content (AvgIpc) is 2.38. The average molecular weight is 270 g/mol. The van der Waals surface area contributed by atoms with E-state index >= 15 is 0 Å². The molecule has 1 aliphatic rings. The maximum Gasteiger partial charge on any atom is 0.214 e. The molecule has 0 spiro atoms. The minimum absolute atomic E-state index is 0.0523. The largest absolute Gasteiger partial charge is 0.392 e. The van der Waals surface area contributed by atoms with Gasteiger partial charge < -0.3 is 5.11 Å². The fourth-order valence-corrected chi connectivity index (χ4v) is 3.61. The van der Waals surface area contributed by atoms with Gasteiger partial charge in [-0.05, 0) is 25.0 Å². The molecule has 1 N–H and O–H groups in total. The van der Waals surface area contributed by atoms with E-state index in [9.17, 15) is 13.5 Å². The predicted molar refractivity (Wildman–Crippen MR) is 68.5 cm³/mol. The van der Waals surface area contributed by atoms with Crippen LogP contribution in [0.3, 0.4) is 0 Å². The van der Waals surface area contributed by atoms with Gasteiger partial charge in [0.15, 0.2) is 0 Å². The van der Waals surface area contributed by atoms with Crippen molar-refractivity contribution in [1.29, 1.82) is 0 Å². The normalized spacial score (nSPS) is 21.9. The summed E-state index contributed by atoms with van der Waals surface area (Å²) in [6, 6.07) is 5.47. The standard InChI is InChI=1S/C12H18N2O3S/c15-12-5-3-8-14(10-12)18(16,17)9-6-11-4-1-2-7-13-11/h1-2,4,7,12,15H,3,5-6,8-10H2/t12-/m0/s1. The summed E-state index contributed by atoms with van der Waals surface area (Å²) in [5.74, 6) is 0.0523. The molecular formula is C12H18N2O3S. The van der Waals surface area contributed by atoms with E-state index in [1.54, 1.807) is 12.3 Å². The van der Waals surface area contributed by atoms with Crippen molar-refractivity contribution in [2.45, 2.75) is 25.4 Å². The van der Waals surface area contributed by atoms with E-state index < -0.39 is 16.1 Å². The molecule has 100 valence electrons. The highest BCUT2D eigenvalue weighted by Crippen LogP contribution is 2.14. The number of nitrogens with zero attached hydrogens (tertiary/aromatic N) is 2. The van der Waals surface area contributed by atoms with Crippen LogP contribution in [0.25, 0.3) is 0 Å². The van der Waals surface area contributed by atoms with Crippen LogP contribution in [-0.4, -0.2) is 47.8 Å². The zero-order chi connectivity index (χ0) is 13.0. The number of sulfonamides is 1. The molecule has 0 aliphatic carbocycles. The van der Waals surface area contributed by atoms with Crippen molar-refractivity contribution in [3.8, 4) is 0 Å². The third-order valence-corrected chi connectivity index (χ3v) is 4.93. The van der Waals surface area contributed by atoms with Crippen LogP contribution in [0.5, 0.6) is 0 Å². The zero-order valence-electron chi connectivity index (χ0n) is 10.2. The number of aliphatic hydroxyl groups excluding tert-OH is 1. The Labute approximate surface area is 108 Å². The molecule has 1 aliphatic heterocycles. The number of piperidine rings is 1. The number of aryl methyl sites for hydroxylation is 1. The molecule has 6 heteroatoms. The lowest BCUT2D eigenvalue weighted by Crippen LogP contribution is -2.43. The minimum Gasteiger partial charge on any atom is -0.392 e. The quantitative estimate of drug-likeness (QED) is 0.860. The van der Waals surface area contributed by atoms with Crippen LogP contribution in [0.15, 0.2) is 24.4 Å². The van der Waals surface area contributed by atoms with E-state index in [1.165, 1.54) is 4.31 Å². The molecule has 1 aromatic heterocycles. The van der Waals surface area contributed by atoms with E-state index in [-0.39, 0.29) is 12.3 Å². The van der Waals surface area contributed by atoms with E-state index in [1.807, 2.05) is 12.1 Å². The van der Waals surface area contributed by atoms with Gasteiger partial charge >= 0.3 is 0 Å². The molecule has 1 atom stereocenters. The number of aliphatic hydroxyl groups is 1. The predicted octanol–water partition coefficient (Wildman–Crippen LogP) is 0.411. The van der Waals surface area contributed by atoms with Gasteiger partial charge in [0, 0.05) is 31.4 Å². The highest BCUT2D eigenvalue weighted by Gasteiger charge is 2.27. The number of aromatic nitrogens is 1. The van der Waals surface area contributed by atoms with Gasteiger partial charge in [-0.15, -0.1) is 0 Å². The summed E-state index contributed by atoms with van der Waals surface area (Å²) in [5.41, 5.74) is 0.777. The van der Waals surface area contributed by atoms with Gasteiger partial charge in [0.1, 0.15) is 0 Å². The number of hydrogen-bond acceptors (Lipinski definition) is 4. The zero-order valence-corrected chi connectivity index (χ0v) is 11.0. The molecule has 0 amide bonds. The van der Waals surface area contributed by atoms with Gasteiger partial charge in [0.2, 0.25) is 10.0 Å². The van der Waals surface area contributed by atoms with Crippen LogP contribution in [0.1, 0.15) is 18.5 Å². The Bertz CT molecular complexity index is 475. The minimum atomic E-state index is -3.28. The maximum atomic E-state index is 12.1. The Balaban J connectivity index is 1.95. The highest BCUT2D eigenvalue weighted by atomic mass is 32.2. The van der Waals surface area contributed by atoms with Crippen molar-refractivity contribution in [2.75, 3.05) is 18.8 Å². The summed E-state index contributed by atoms with van der Waals surface area (Å²) in [7, 11) is -3.28. The SMILES string of the molecule is O=S(=O)(CCc1ccccn1)N1CCC[C@H](O)C1. The third-order valence-electron chi connectivity index (χ3n) is 3.09. The molecule has 18 heavy (non-hydrogen) atoms. The lowest BCUT2D eigenvalue weighted by Gasteiger charge is -2.29. The van der Waals surface area contributed by atoms with Gasteiger partial charge in [-0.25, -0.2) is 8.42 Å². The summed E-state index contributed by atoms with van der Waals surface area (Å²) in [6.07, 6.45) is 2.96. The molecule has 0 saturated carbocycles. The van der Waals surface area contributed by atoms with Crippen LogP contribution in [0, 0.1) is 0 Å². The van der Waals surface area contributed by atoms with Crippen molar-refractivity contribution in [3.05, 3.63) is 30.1 Å². The lowest BCUT2D eigenvalue weighted by atomic mass is 10.1. The molecular weight excluding hydrogens is 252 g/mol. The van der Waals surface area contributed by atoms with E-state index in [0.29, 0.717) is 19.4 Å². The van der Waals surface area contributed by atoms with E-state index in [4.69, 9.17) is 0 Å². The summed E-state index contributed by atoms with van der Waals surface area (Å²) in [6.45, 7) is 0.742. The lowest BCUT2D eigenvalue weighted by molar-refractivity contribution is 0.108. The van der Waals surface area contributed by atoms with Crippen molar-refractivity contribution in [3.63, 3.8) is 0 Å². The van der Waals surface area contributed by atoms with Crippen LogP contribution < -0.4 is 0 Å². The van der Waals surface area contributed by atoms with Crippen molar-refractivity contribution < 1.29 is 13.5 Å². The maximum absolute atomic E-state index is 12.1. The fourth-order valence-electron chi connectivity index (χ4n) is 2.08. The molecule has 1 fully saturated rings. The van der Waals surface area contributed by atoms with Gasteiger partial charge in [-0.1, -0.05) is 6.07 Å². The molecule has 2 heterocycles. The van der Waals surface area contributed by atoms with Gasteiger partial charge in [0.05, 0.1) is 11.9 Å². The summed E-state index contributed by atoms with van der Waals surface area (Å²) in [5, 5.41) is 9.51. The first-order chi connectivity index (χ1) is 8.58. The molecule has 0 bridgehead atoms. The monoisotopic (exact) mass is 270 g/mol. The second-order valence-corrected chi connectivity index (χ2v) is 6.63. The van der Waals surface area contributed by atoms with Gasteiger partial charge in [-0.3, -0.25) is 4.98 Å². The van der Waals surface area contributed by atoms with Crippen molar-refractivity contribution in [1.82, 2.24) is 9.29 Å². The first-order valence-electron chi connectivity index (χ1n) is 6.14. The second kappa shape index (κ2) is 5.77. The number of hydrogen-bond donors (Lipinski definition) is 1. The molecule has 2 rings (SSSR count). The van der Waals surface area contributed by atoms with E-state index in [0.717, 1.165) is 12.1 Å². The fraction of sp³-hybridized carbons (Fsp3) is 0.583. The van der Waals surface area contributed by atoms with Crippen LogP contribution >= 0.6 is 0 Å². The van der Waals surface area contributed by atoms with Crippen LogP contribution in [0.2, 0.25) is 0 Å². The first kappa shape index (κ1) is 13.5. The summed E-state index contributed by atoms with van der Waals surface area (Å²) < 4.78 is 25.6. The smallest absolute Gasteiger partial charge is 0.214 e. The van der Waals surface area contributed by atoms with E-state index in [2.05, 4.69) is 4.98 Å². The molecule has 5 nitrogen and oxygen atoms in total. The topological polar surface area (TPSA) is 70.5 Å². The number of rotatable bonds is 4. The number of β-amino-alcohol motifs (C(OH)–C–C–N with tert-alkyl or cyclic N) is 1. The van der Waals surface area contributed by atoms with Gasteiger partial charge in [0.25, 0.3) is 0 Å². The first-order valence-corrected chi connectivity index (χ1v) is 7.74.